The average Bonchev–Trinajstić information content (AvgIpc) is 2.79. The van der Waals surface area contributed by atoms with E-state index >= 15 is 0 Å². The molecule has 0 aliphatic carbocycles. The van der Waals surface area contributed by atoms with E-state index in [1.807, 2.05) is 0 Å². The zero-order valence-corrected chi connectivity index (χ0v) is 17.1. The molecule has 0 saturated carbocycles. The summed E-state index contributed by atoms with van der Waals surface area (Å²) < 4.78 is 3.62. The van der Waals surface area contributed by atoms with Crippen molar-refractivity contribution in [1.82, 2.24) is 0 Å². The van der Waals surface area contributed by atoms with Crippen LogP contribution in [0.2, 0.25) is 0 Å². The number of anilines is 1. The first kappa shape index (κ1) is 17.2. The van der Waals surface area contributed by atoms with Crippen LogP contribution in [0.1, 0.15) is 34.7 Å². The summed E-state index contributed by atoms with van der Waals surface area (Å²) in [6.07, 6.45) is 0. The molecular weight excluding hydrogens is 360 g/mol. The Balaban J connectivity index is 2.12. The lowest BCUT2D eigenvalue weighted by atomic mass is 10.0. The maximum Gasteiger partial charge on any atom is 0.254 e. The number of rotatable bonds is 2. The topological polar surface area (TPSA) is 6.25 Å². The Kier molecular flexibility index (Phi) is 4.56. The molecule has 0 bridgehead atoms. The Morgan fingerprint density at radius 2 is 1.38 bits per heavy atom. The molecule has 2 aromatic carbocycles. The van der Waals surface area contributed by atoms with Crippen LogP contribution >= 0.6 is 15.9 Å². The van der Waals surface area contributed by atoms with Crippen molar-refractivity contribution < 1.29 is 4.58 Å². The Hall–Kier alpha value is -1.61. The van der Waals surface area contributed by atoms with Crippen molar-refractivity contribution in [3.05, 3.63) is 56.6 Å². The van der Waals surface area contributed by atoms with Crippen molar-refractivity contribution in [2.24, 2.45) is 0 Å². The van der Waals surface area contributed by atoms with Crippen molar-refractivity contribution >= 4 is 33.1 Å². The van der Waals surface area contributed by atoms with E-state index in [0.717, 1.165) is 17.6 Å². The lowest BCUT2D eigenvalue weighted by Gasteiger charge is -2.17. The molecule has 0 aromatic heterocycles. The predicted octanol–water partition coefficient (Wildman–Crippen LogP) is 5.57. The SMILES string of the molecule is CC1=[N+](c2c(C)cc(Br)cc2C)CCN1c1c(C)cc(C)cc1C. The summed E-state index contributed by atoms with van der Waals surface area (Å²) >= 11 is 3.61. The van der Waals surface area contributed by atoms with Crippen LogP contribution in [0.3, 0.4) is 0 Å². The van der Waals surface area contributed by atoms with Gasteiger partial charge in [0.1, 0.15) is 24.5 Å². The summed E-state index contributed by atoms with van der Waals surface area (Å²) in [5, 5.41) is 0. The molecule has 1 heterocycles. The molecule has 3 rings (SSSR count). The molecule has 0 amide bonds. The van der Waals surface area contributed by atoms with E-state index < -0.39 is 0 Å². The highest BCUT2D eigenvalue weighted by Crippen LogP contribution is 2.33. The van der Waals surface area contributed by atoms with Gasteiger partial charge in [-0.05, 0) is 69.0 Å². The van der Waals surface area contributed by atoms with Gasteiger partial charge >= 0.3 is 0 Å². The highest BCUT2D eigenvalue weighted by molar-refractivity contribution is 9.10. The van der Waals surface area contributed by atoms with Gasteiger partial charge in [-0.3, -0.25) is 0 Å². The second kappa shape index (κ2) is 6.36. The minimum Gasteiger partial charge on any atom is -0.227 e. The summed E-state index contributed by atoms with van der Waals surface area (Å²) in [5.41, 5.74) is 9.41. The largest absolute Gasteiger partial charge is 0.254 e. The summed E-state index contributed by atoms with van der Waals surface area (Å²) in [4.78, 5) is 2.48. The van der Waals surface area contributed by atoms with E-state index in [4.69, 9.17) is 0 Å². The van der Waals surface area contributed by atoms with Crippen molar-refractivity contribution in [2.75, 3.05) is 18.0 Å². The summed E-state index contributed by atoms with van der Waals surface area (Å²) in [6.45, 7) is 15.3. The van der Waals surface area contributed by atoms with Crippen LogP contribution in [0.25, 0.3) is 0 Å². The monoisotopic (exact) mass is 385 g/mol. The standard InChI is InChI=1S/C21H26BrN2/c1-13-9-14(2)20(15(3)10-13)23-7-8-24(18(23)6)21-16(4)11-19(22)12-17(21)5/h9-12H,7-8H2,1-6H3/q+1. The second-order valence-electron chi connectivity index (χ2n) is 6.99. The molecule has 2 nitrogen and oxygen atoms in total. The second-order valence-corrected chi connectivity index (χ2v) is 7.90. The Labute approximate surface area is 153 Å². The maximum atomic E-state index is 3.61. The minimum atomic E-state index is 1.03. The normalized spacial score (nSPS) is 14.7. The third-order valence-electron chi connectivity index (χ3n) is 4.96. The van der Waals surface area contributed by atoms with E-state index in [2.05, 4.69) is 91.2 Å². The molecule has 0 unspecified atom stereocenters. The van der Waals surface area contributed by atoms with Crippen molar-refractivity contribution in [1.29, 1.82) is 0 Å². The molecule has 0 spiro atoms. The van der Waals surface area contributed by atoms with Crippen molar-refractivity contribution in [3.8, 4) is 0 Å². The molecular formula is C21H26BrN2+. The number of amidine groups is 1. The Bertz CT molecular complexity index is 803. The van der Waals surface area contributed by atoms with E-state index in [1.54, 1.807) is 0 Å². The predicted molar refractivity (Wildman–Crippen MR) is 107 cm³/mol. The van der Waals surface area contributed by atoms with E-state index in [-0.39, 0.29) is 0 Å². The van der Waals surface area contributed by atoms with Crippen LogP contribution in [0.4, 0.5) is 11.4 Å². The van der Waals surface area contributed by atoms with Gasteiger partial charge in [0.15, 0.2) is 0 Å². The fourth-order valence-electron chi connectivity index (χ4n) is 4.14. The van der Waals surface area contributed by atoms with Crippen molar-refractivity contribution in [2.45, 2.75) is 41.5 Å². The molecule has 0 N–H and O–H groups in total. The van der Waals surface area contributed by atoms with Crippen LogP contribution in [0.5, 0.6) is 0 Å². The number of hydrogen-bond acceptors (Lipinski definition) is 1. The van der Waals surface area contributed by atoms with Crippen molar-refractivity contribution in [3.63, 3.8) is 0 Å². The number of benzene rings is 2. The molecule has 1 aliphatic rings. The highest BCUT2D eigenvalue weighted by atomic mass is 79.9. The average molecular weight is 386 g/mol. The van der Waals surface area contributed by atoms with Gasteiger partial charge in [-0.15, -0.1) is 0 Å². The van der Waals surface area contributed by atoms with Crippen LogP contribution in [0.15, 0.2) is 28.7 Å². The Morgan fingerprint density at radius 1 is 0.833 bits per heavy atom. The lowest BCUT2D eigenvalue weighted by molar-refractivity contribution is -0.430. The summed E-state index contributed by atoms with van der Waals surface area (Å²) in [6, 6.07) is 8.99. The first-order chi connectivity index (χ1) is 11.3. The van der Waals surface area contributed by atoms with Gasteiger partial charge in [-0.1, -0.05) is 33.6 Å². The molecule has 1 aliphatic heterocycles. The van der Waals surface area contributed by atoms with Gasteiger partial charge in [0, 0.05) is 11.4 Å². The molecule has 24 heavy (non-hydrogen) atoms. The summed E-state index contributed by atoms with van der Waals surface area (Å²) in [7, 11) is 0. The minimum absolute atomic E-state index is 1.03. The zero-order chi connectivity index (χ0) is 17.6. The maximum absolute atomic E-state index is 3.61. The number of aryl methyl sites for hydroxylation is 5. The molecule has 0 atom stereocenters. The van der Waals surface area contributed by atoms with E-state index in [1.165, 1.54) is 45.0 Å². The van der Waals surface area contributed by atoms with E-state index in [9.17, 15) is 0 Å². The highest BCUT2D eigenvalue weighted by Gasteiger charge is 2.32. The summed E-state index contributed by atoms with van der Waals surface area (Å²) in [5.74, 6) is 1.32. The smallest absolute Gasteiger partial charge is 0.227 e. The van der Waals surface area contributed by atoms with Crippen LogP contribution in [0, 0.1) is 34.6 Å². The van der Waals surface area contributed by atoms with Crippen LogP contribution < -0.4 is 4.90 Å². The lowest BCUT2D eigenvalue weighted by Crippen LogP contribution is -2.27. The molecule has 0 saturated heterocycles. The number of hydrogen-bond donors (Lipinski definition) is 0. The van der Waals surface area contributed by atoms with E-state index in [0.29, 0.717) is 0 Å². The molecule has 2 aromatic rings. The third kappa shape index (κ3) is 2.90. The van der Waals surface area contributed by atoms with Gasteiger partial charge in [-0.25, -0.2) is 9.48 Å². The molecule has 126 valence electrons. The third-order valence-corrected chi connectivity index (χ3v) is 5.42. The zero-order valence-electron chi connectivity index (χ0n) is 15.5. The first-order valence-corrected chi connectivity index (χ1v) is 9.32. The van der Waals surface area contributed by atoms with Crippen LogP contribution in [-0.4, -0.2) is 23.5 Å². The Morgan fingerprint density at radius 3 is 1.92 bits per heavy atom. The fourth-order valence-corrected chi connectivity index (χ4v) is 4.83. The first-order valence-electron chi connectivity index (χ1n) is 8.53. The molecule has 0 fully saturated rings. The molecule has 3 heteroatoms. The van der Waals surface area contributed by atoms with Gasteiger partial charge in [0.25, 0.3) is 5.84 Å². The molecule has 0 radical (unpaired) electrons. The van der Waals surface area contributed by atoms with Gasteiger partial charge in [0.05, 0.1) is 0 Å². The number of nitrogens with zero attached hydrogens (tertiary/aromatic N) is 2. The quantitative estimate of drug-likeness (QED) is 0.612. The van der Waals surface area contributed by atoms with Gasteiger partial charge < -0.3 is 0 Å². The van der Waals surface area contributed by atoms with Gasteiger partial charge in [-0.2, -0.15) is 0 Å². The van der Waals surface area contributed by atoms with Crippen LogP contribution in [-0.2, 0) is 0 Å². The fraction of sp³-hybridized carbons (Fsp3) is 0.381. The number of halogens is 1. The van der Waals surface area contributed by atoms with Gasteiger partial charge in [0.2, 0.25) is 0 Å².